The highest BCUT2D eigenvalue weighted by molar-refractivity contribution is 7.89. The Kier molecular flexibility index (Phi) is 6.36. The van der Waals surface area contributed by atoms with Gasteiger partial charge in [-0.05, 0) is 61.4 Å². The van der Waals surface area contributed by atoms with Crippen LogP contribution in [0.15, 0.2) is 53.4 Å². The third kappa shape index (κ3) is 5.22. The third-order valence-electron chi connectivity index (χ3n) is 4.27. The quantitative estimate of drug-likeness (QED) is 0.793. The normalized spacial score (nSPS) is 15.3. The molecule has 0 spiro atoms. The lowest BCUT2D eigenvalue weighted by molar-refractivity contribution is -0.118. The van der Waals surface area contributed by atoms with Crippen molar-refractivity contribution in [2.24, 2.45) is 0 Å². The summed E-state index contributed by atoms with van der Waals surface area (Å²) >= 11 is 5.80. The summed E-state index contributed by atoms with van der Waals surface area (Å²) in [6.07, 6.45) is 2.84. The molecule has 0 aliphatic carbocycles. The minimum absolute atomic E-state index is 0.157. The first kappa shape index (κ1) is 19.7. The number of hydrogen-bond donors (Lipinski definition) is 1. The lowest BCUT2D eigenvalue weighted by Crippen LogP contribution is -2.35. The predicted octanol–water partition coefficient (Wildman–Crippen LogP) is 3.53. The van der Waals surface area contributed by atoms with Crippen molar-refractivity contribution in [3.63, 3.8) is 0 Å². The van der Waals surface area contributed by atoms with Crippen LogP contribution in [0.5, 0.6) is 5.75 Å². The van der Waals surface area contributed by atoms with E-state index in [1.807, 2.05) is 0 Å². The average molecular weight is 409 g/mol. The summed E-state index contributed by atoms with van der Waals surface area (Å²) in [5.41, 5.74) is 0.511. The first-order valence-electron chi connectivity index (χ1n) is 8.73. The maximum Gasteiger partial charge on any atom is 0.262 e. The van der Waals surface area contributed by atoms with Crippen LogP contribution < -0.4 is 10.1 Å². The van der Waals surface area contributed by atoms with Gasteiger partial charge in [0.2, 0.25) is 10.0 Å². The van der Waals surface area contributed by atoms with Crippen molar-refractivity contribution < 1.29 is 17.9 Å². The van der Waals surface area contributed by atoms with Crippen LogP contribution in [-0.4, -0.2) is 38.3 Å². The second kappa shape index (κ2) is 8.73. The highest BCUT2D eigenvalue weighted by Gasteiger charge is 2.25. The van der Waals surface area contributed by atoms with Gasteiger partial charge in [-0.3, -0.25) is 4.79 Å². The highest BCUT2D eigenvalue weighted by Crippen LogP contribution is 2.22. The number of piperidine rings is 1. The molecule has 1 N–H and O–H groups in total. The highest BCUT2D eigenvalue weighted by atomic mass is 35.5. The first-order valence-corrected chi connectivity index (χ1v) is 10.6. The molecule has 1 heterocycles. The topological polar surface area (TPSA) is 75.7 Å². The minimum Gasteiger partial charge on any atom is -0.484 e. The largest absolute Gasteiger partial charge is 0.484 e. The zero-order chi connectivity index (χ0) is 19.3. The zero-order valence-electron chi connectivity index (χ0n) is 14.7. The van der Waals surface area contributed by atoms with E-state index in [-0.39, 0.29) is 17.4 Å². The number of carbonyl (C=O) groups is 1. The number of carbonyl (C=O) groups excluding carboxylic acids is 1. The van der Waals surface area contributed by atoms with Gasteiger partial charge >= 0.3 is 0 Å². The van der Waals surface area contributed by atoms with E-state index in [2.05, 4.69) is 5.32 Å². The molecule has 3 rings (SSSR count). The molecule has 1 aliphatic heterocycles. The van der Waals surface area contributed by atoms with Crippen molar-refractivity contribution in [3.05, 3.63) is 53.6 Å². The van der Waals surface area contributed by atoms with Crippen molar-refractivity contribution in [2.75, 3.05) is 25.0 Å². The van der Waals surface area contributed by atoms with Gasteiger partial charge in [-0.2, -0.15) is 4.31 Å². The van der Waals surface area contributed by atoms with Gasteiger partial charge in [0.15, 0.2) is 6.61 Å². The molecule has 0 atom stereocenters. The van der Waals surface area contributed by atoms with Gasteiger partial charge in [-0.1, -0.05) is 18.0 Å². The van der Waals surface area contributed by atoms with Gasteiger partial charge in [0, 0.05) is 23.8 Å². The average Bonchev–Trinajstić information content (AvgIpc) is 2.69. The second-order valence-corrected chi connectivity index (χ2v) is 8.65. The van der Waals surface area contributed by atoms with E-state index < -0.39 is 10.0 Å². The predicted molar refractivity (Wildman–Crippen MR) is 105 cm³/mol. The van der Waals surface area contributed by atoms with E-state index in [0.717, 1.165) is 19.3 Å². The van der Waals surface area contributed by atoms with E-state index in [1.165, 1.54) is 16.4 Å². The minimum atomic E-state index is -3.47. The smallest absolute Gasteiger partial charge is 0.262 e. The monoisotopic (exact) mass is 408 g/mol. The van der Waals surface area contributed by atoms with E-state index in [1.54, 1.807) is 36.4 Å². The zero-order valence-corrected chi connectivity index (χ0v) is 16.3. The van der Waals surface area contributed by atoms with Crippen molar-refractivity contribution in [1.29, 1.82) is 0 Å². The van der Waals surface area contributed by atoms with Crippen LogP contribution in [0.4, 0.5) is 5.69 Å². The van der Waals surface area contributed by atoms with Crippen molar-refractivity contribution in [1.82, 2.24) is 4.31 Å². The Balaban J connectivity index is 1.56. The molecule has 0 aromatic heterocycles. The maximum atomic E-state index is 12.6. The summed E-state index contributed by atoms with van der Waals surface area (Å²) in [5.74, 6) is 0.203. The molecule has 0 radical (unpaired) electrons. The third-order valence-corrected chi connectivity index (χ3v) is 6.44. The number of amides is 1. The number of hydrogen-bond acceptors (Lipinski definition) is 4. The van der Waals surface area contributed by atoms with Crippen LogP contribution in [-0.2, 0) is 14.8 Å². The molecule has 27 heavy (non-hydrogen) atoms. The fraction of sp³-hybridized carbons (Fsp3) is 0.316. The van der Waals surface area contributed by atoms with Crippen LogP contribution in [0, 0.1) is 0 Å². The van der Waals surface area contributed by atoms with E-state index >= 15 is 0 Å². The molecular formula is C19H21ClN2O4S. The van der Waals surface area contributed by atoms with Gasteiger partial charge in [-0.15, -0.1) is 0 Å². The summed E-state index contributed by atoms with van der Waals surface area (Å²) in [7, 11) is -3.47. The van der Waals surface area contributed by atoms with E-state index in [0.29, 0.717) is 29.5 Å². The fourth-order valence-electron chi connectivity index (χ4n) is 2.84. The van der Waals surface area contributed by atoms with E-state index in [9.17, 15) is 13.2 Å². The Bertz CT molecular complexity index is 877. The van der Waals surface area contributed by atoms with E-state index in [4.69, 9.17) is 16.3 Å². The Morgan fingerprint density at radius 1 is 1.00 bits per heavy atom. The second-order valence-electron chi connectivity index (χ2n) is 6.28. The van der Waals surface area contributed by atoms with Crippen LogP contribution >= 0.6 is 11.6 Å². The molecule has 2 aromatic carbocycles. The molecular weight excluding hydrogens is 388 g/mol. The molecule has 8 heteroatoms. The summed E-state index contributed by atoms with van der Waals surface area (Å²) in [6, 6.07) is 12.9. The number of ether oxygens (including phenoxy) is 1. The number of rotatable bonds is 6. The molecule has 0 saturated carbocycles. The number of anilines is 1. The van der Waals surface area contributed by atoms with Gasteiger partial charge in [-0.25, -0.2) is 8.42 Å². The molecule has 0 bridgehead atoms. The standard InChI is InChI=1S/C19H21ClN2O4S/c20-15-4-8-17(9-5-15)26-14-19(23)21-16-6-10-18(11-7-16)27(24,25)22-12-2-1-3-13-22/h4-11H,1-3,12-14H2,(H,21,23). The fourth-order valence-corrected chi connectivity index (χ4v) is 4.48. The number of benzene rings is 2. The Morgan fingerprint density at radius 3 is 2.26 bits per heavy atom. The number of nitrogens with one attached hydrogen (secondary N) is 1. The maximum absolute atomic E-state index is 12.6. The van der Waals surface area contributed by atoms with Gasteiger partial charge < -0.3 is 10.1 Å². The van der Waals surface area contributed by atoms with Gasteiger partial charge in [0.1, 0.15) is 5.75 Å². The summed E-state index contributed by atoms with van der Waals surface area (Å²) < 4.78 is 32.1. The SMILES string of the molecule is O=C(COc1ccc(Cl)cc1)Nc1ccc(S(=O)(=O)N2CCCCC2)cc1. The van der Waals surface area contributed by atoms with Crippen LogP contribution in [0.3, 0.4) is 0 Å². The van der Waals surface area contributed by atoms with Crippen LogP contribution in [0.1, 0.15) is 19.3 Å². The number of nitrogens with zero attached hydrogens (tertiary/aromatic N) is 1. The first-order chi connectivity index (χ1) is 12.9. The Hall–Kier alpha value is -2.09. The molecule has 0 unspecified atom stereocenters. The molecule has 1 aliphatic rings. The molecule has 1 saturated heterocycles. The van der Waals surface area contributed by atoms with Crippen molar-refractivity contribution in [2.45, 2.75) is 24.2 Å². The van der Waals surface area contributed by atoms with Crippen molar-refractivity contribution in [3.8, 4) is 5.75 Å². The Morgan fingerprint density at radius 2 is 1.63 bits per heavy atom. The number of sulfonamides is 1. The molecule has 1 fully saturated rings. The Labute approximate surface area is 164 Å². The van der Waals surface area contributed by atoms with Gasteiger partial charge in [0.05, 0.1) is 4.90 Å². The van der Waals surface area contributed by atoms with Crippen LogP contribution in [0.25, 0.3) is 0 Å². The molecule has 6 nitrogen and oxygen atoms in total. The van der Waals surface area contributed by atoms with Crippen molar-refractivity contribution >= 4 is 33.2 Å². The molecule has 2 aromatic rings. The summed E-state index contributed by atoms with van der Waals surface area (Å²) in [4.78, 5) is 12.2. The molecule has 1 amide bonds. The van der Waals surface area contributed by atoms with Gasteiger partial charge in [0.25, 0.3) is 5.91 Å². The lowest BCUT2D eigenvalue weighted by Gasteiger charge is -2.25. The lowest BCUT2D eigenvalue weighted by atomic mass is 10.2. The van der Waals surface area contributed by atoms with Crippen LogP contribution in [0.2, 0.25) is 5.02 Å². The number of halogens is 1. The summed E-state index contributed by atoms with van der Waals surface area (Å²) in [5, 5.41) is 3.27. The molecule has 144 valence electrons. The summed E-state index contributed by atoms with van der Waals surface area (Å²) in [6.45, 7) is 0.959.